The predicted octanol–water partition coefficient (Wildman–Crippen LogP) is 1.38. The third-order valence-corrected chi connectivity index (χ3v) is 5.04. The van der Waals surface area contributed by atoms with E-state index in [1.807, 2.05) is 55.4 Å². The van der Waals surface area contributed by atoms with Crippen molar-refractivity contribution in [3.63, 3.8) is 0 Å². The second-order valence-electron chi connectivity index (χ2n) is 12.2. The van der Waals surface area contributed by atoms with Crippen LogP contribution in [0, 0.1) is 16.2 Å². The molecule has 0 saturated carbocycles. The first-order valence-corrected chi connectivity index (χ1v) is 12.0. The molecule has 0 radical (unpaired) electrons. The monoisotopic (exact) mass is 500 g/mol. The van der Waals surface area contributed by atoms with Crippen LogP contribution in [0.3, 0.4) is 0 Å². The van der Waals surface area contributed by atoms with E-state index < -0.39 is 29.4 Å². The first-order chi connectivity index (χ1) is 15.9. The van der Waals surface area contributed by atoms with Gasteiger partial charge in [0.1, 0.15) is 12.1 Å². The van der Waals surface area contributed by atoms with E-state index in [-0.39, 0.29) is 35.5 Å². The van der Waals surface area contributed by atoms with E-state index in [0.29, 0.717) is 26.2 Å². The molecule has 0 heterocycles. The lowest BCUT2D eigenvalue weighted by Crippen LogP contribution is -2.48. The SMILES string of the molecule is COC(=O)C(CC(=O)NCC(C)(C)CNC(=O)CC(NCC(C)(C)C)C(=O)OC)NCC(C)(C)C. The molecule has 0 fully saturated rings. The fourth-order valence-corrected chi connectivity index (χ4v) is 2.87. The zero-order chi connectivity index (χ0) is 27.4. The van der Waals surface area contributed by atoms with Gasteiger partial charge in [0.25, 0.3) is 0 Å². The molecule has 0 aromatic rings. The molecule has 0 aliphatic heterocycles. The summed E-state index contributed by atoms with van der Waals surface area (Å²) in [4.78, 5) is 49.1. The summed E-state index contributed by atoms with van der Waals surface area (Å²) >= 11 is 0. The van der Waals surface area contributed by atoms with E-state index in [1.54, 1.807) is 0 Å². The molecule has 0 aliphatic rings. The summed E-state index contributed by atoms with van der Waals surface area (Å²) in [7, 11) is 2.59. The van der Waals surface area contributed by atoms with Crippen molar-refractivity contribution in [2.75, 3.05) is 40.4 Å². The highest BCUT2D eigenvalue weighted by Gasteiger charge is 2.28. The largest absolute Gasteiger partial charge is 0.468 e. The second kappa shape index (κ2) is 14.4. The summed E-state index contributed by atoms with van der Waals surface area (Å²) < 4.78 is 9.63. The Bertz CT molecular complexity index is 652. The van der Waals surface area contributed by atoms with E-state index in [2.05, 4.69) is 21.3 Å². The molecule has 2 amide bonds. The zero-order valence-electron chi connectivity index (χ0n) is 23.3. The number of esters is 2. The average Bonchev–Trinajstić information content (AvgIpc) is 2.74. The maximum atomic E-state index is 12.5. The molecule has 0 aromatic carbocycles. The van der Waals surface area contributed by atoms with Gasteiger partial charge in [0.05, 0.1) is 27.1 Å². The lowest BCUT2D eigenvalue weighted by molar-refractivity contribution is -0.145. The molecule has 0 bridgehead atoms. The highest BCUT2D eigenvalue weighted by molar-refractivity contribution is 5.86. The number of ether oxygens (including phenoxy) is 2. The number of carbonyl (C=O) groups is 4. The molecule has 2 unspecified atom stereocenters. The van der Waals surface area contributed by atoms with Crippen LogP contribution in [0.4, 0.5) is 0 Å². The Kier molecular flexibility index (Phi) is 13.5. The van der Waals surface area contributed by atoms with Crippen LogP contribution in [0.5, 0.6) is 0 Å². The molecule has 0 aliphatic carbocycles. The Balaban J connectivity index is 4.74. The normalized spacial score (nSPS) is 14.0. The smallest absolute Gasteiger partial charge is 0.323 e. The minimum atomic E-state index is -0.738. The van der Waals surface area contributed by atoms with Gasteiger partial charge in [-0.05, 0) is 16.2 Å². The lowest BCUT2D eigenvalue weighted by atomic mass is 9.93. The zero-order valence-corrected chi connectivity index (χ0v) is 23.3. The van der Waals surface area contributed by atoms with Gasteiger partial charge in [0, 0.05) is 26.2 Å². The third-order valence-electron chi connectivity index (χ3n) is 5.04. The standard InChI is InChI=1S/C25H48N4O6/c1-23(2,3)13-26-17(21(32)34-9)11-19(30)28-15-25(7,8)16-29-20(31)12-18(22(33)35-10)27-14-24(4,5)6/h17-18,26-27H,11-16H2,1-10H3,(H,28,30)(H,29,31). The average molecular weight is 501 g/mol. The first kappa shape index (κ1) is 32.8. The Morgan fingerprint density at radius 2 is 0.914 bits per heavy atom. The van der Waals surface area contributed by atoms with Crippen LogP contribution in [0.1, 0.15) is 68.2 Å². The van der Waals surface area contributed by atoms with Crippen molar-refractivity contribution in [1.29, 1.82) is 0 Å². The molecule has 204 valence electrons. The van der Waals surface area contributed by atoms with E-state index in [4.69, 9.17) is 9.47 Å². The number of nitrogens with one attached hydrogen (secondary N) is 4. The van der Waals surface area contributed by atoms with Crippen molar-refractivity contribution in [2.45, 2.75) is 80.3 Å². The fraction of sp³-hybridized carbons (Fsp3) is 0.840. The van der Waals surface area contributed by atoms with Gasteiger partial charge in [-0.2, -0.15) is 0 Å². The number of rotatable bonds is 14. The topological polar surface area (TPSA) is 135 Å². The fourth-order valence-electron chi connectivity index (χ4n) is 2.87. The van der Waals surface area contributed by atoms with Crippen molar-refractivity contribution in [2.24, 2.45) is 16.2 Å². The maximum Gasteiger partial charge on any atom is 0.323 e. The Hall–Kier alpha value is -2.20. The van der Waals surface area contributed by atoms with Gasteiger partial charge in [0.15, 0.2) is 0 Å². The minimum Gasteiger partial charge on any atom is -0.468 e. The first-order valence-electron chi connectivity index (χ1n) is 12.0. The van der Waals surface area contributed by atoms with Crippen molar-refractivity contribution >= 4 is 23.8 Å². The van der Waals surface area contributed by atoms with Crippen molar-refractivity contribution in [1.82, 2.24) is 21.3 Å². The number of methoxy groups -OCH3 is 2. The van der Waals surface area contributed by atoms with E-state index in [1.165, 1.54) is 14.2 Å². The number of hydrogen-bond donors (Lipinski definition) is 4. The molecule has 4 N–H and O–H groups in total. The molecule has 10 nitrogen and oxygen atoms in total. The maximum absolute atomic E-state index is 12.5. The van der Waals surface area contributed by atoms with E-state index in [0.717, 1.165) is 0 Å². The molecular formula is C25H48N4O6. The van der Waals surface area contributed by atoms with Crippen molar-refractivity contribution in [3.05, 3.63) is 0 Å². The molecule has 10 heteroatoms. The Morgan fingerprint density at radius 3 is 1.17 bits per heavy atom. The van der Waals surface area contributed by atoms with Crippen LogP contribution >= 0.6 is 0 Å². The van der Waals surface area contributed by atoms with Crippen molar-refractivity contribution in [3.8, 4) is 0 Å². The summed E-state index contributed by atoms with van der Waals surface area (Å²) in [6.07, 6.45) is -0.100. The van der Waals surface area contributed by atoms with Gasteiger partial charge in [-0.3, -0.25) is 19.2 Å². The van der Waals surface area contributed by atoms with Crippen LogP contribution in [-0.2, 0) is 28.7 Å². The Labute approximate surface area is 211 Å². The van der Waals surface area contributed by atoms with Gasteiger partial charge >= 0.3 is 11.9 Å². The summed E-state index contributed by atoms with van der Waals surface area (Å²) in [5, 5.41) is 11.9. The number of amides is 2. The molecule has 0 spiro atoms. The summed E-state index contributed by atoms with van der Waals surface area (Å²) in [6.45, 7) is 17.7. The molecule has 2 atom stereocenters. The third kappa shape index (κ3) is 16.2. The van der Waals surface area contributed by atoms with E-state index >= 15 is 0 Å². The van der Waals surface area contributed by atoms with E-state index in [9.17, 15) is 19.2 Å². The van der Waals surface area contributed by atoms with Crippen LogP contribution < -0.4 is 21.3 Å². The second-order valence-corrected chi connectivity index (χ2v) is 12.2. The number of carbonyl (C=O) groups excluding carboxylic acids is 4. The summed E-state index contributed by atoms with van der Waals surface area (Å²) in [5.41, 5.74) is -0.569. The Morgan fingerprint density at radius 1 is 0.600 bits per heavy atom. The van der Waals surface area contributed by atoms with Gasteiger partial charge < -0.3 is 30.7 Å². The number of hydrogen-bond acceptors (Lipinski definition) is 8. The van der Waals surface area contributed by atoms with Crippen LogP contribution in [0.2, 0.25) is 0 Å². The van der Waals surface area contributed by atoms with Gasteiger partial charge in [-0.25, -0.2) is 0 Å². The lowest BCUT2D eigenvalue weighted by Gasteiger charge is -2.27. The molecule has 35 heavy (non-hydrogen) atoms. The highest BCUT2D eigenvalue weighted by atomic mass is 16.5. The molecule has 0 rings (SSSR count). The van der Waals surface area contributed by atoms with Crippen LogP contribution in [0.15, 0.2) is 0 Å². The van der Waals surface area contributed by atoms with Gasteiger partial charge in [-0.15, -0.1) is 0 Å². The molecular weight excluding hydrogens is 452 g/mol. The van der Waals surface area contributed by atoms with Crippen LogP contribution in [0.25, 0.3) is 0 Å². The van der Waals surface area contributed by atoms with Gasteiger partial charge in [-0.1, -0.05) is 55.4 Å². The summed E-state index contributed by atoms with van der Waals surface area (Å²) in [5.74, 6) is -1.57. The van der Waals surface area contributed by atoms with Crippen molar-refractivity contribution < 1.29 is 28.7 Å². The highest BCUT2D eigenvalue weighted by Crippen LogP contribution is 2.14. The van der Waals surface area contributed by atoms with Crippen LogP contribution in [-0.4, -0.2) is 76.2 Å². The predicted molar refractivity (Wildman–Crippen MR) is 136 cm³/mol. The van der Waals surface area contributed by atoms with Gasteiger partial charge in [0.2, 0.25) is 11.8 Å². The quantitative estimate of drug-likeness (QED) is 0.263. The minimum absolute atomic E-state index is 0.0502. The molecule has 0 saturated heterocycles. The molecule has 0 aromatic heterocycles. The summed E-state index contributed by atoms with van der Waals surface area (Å²) in [6, 6.07) is -1.48.